The lowest BCUT2D eigenvalue weighted by molar-refractivity contribution is -0.152. The average Bonchev–Trinajstić information content (AvgIpc) is 2.81. The molecule has 1 amide bonds. The van der Waals surface area contributed by atoms with Crippen molar-refractivity contribution in [2.24, 2.45) is 0 Å². The van der Waals surface area contributed by atoms with E-state index < -0.39 is 0 Å². The third kappa shape index (κ3) is 5.58. The van der Waals surface area contributed by atoms with E-state index in [4.69, 9.17) is 4.74 Å². The number of carbonyl (C=O) groups is 2. The topological polar surface area (TPSA) is 46.6 Å². The van der Waals surface area contributed by atoms with Gasteiger partial charge in [-0.15, -0.1) is 0 Å². The van der Waals surface area contributed by atoms with Crippen LogP contribution in [0.15, 0.2) is 30.3 Å². The molecule has 1 heterocycles. The highest BCUT2D eigenvalue weighted by Crippen LogP contribution is 2.10. The van der Waals surface area contributed by atoms with Crippen molar-refractivity contribution in [3.8, 4) is 0 Å². The molecule has 1 aliphatic heterocycles. The van der Waals surface area contributed by atoms with Gasteiger partial charge in [-0.3, -0.25) is 9.59 Å². The third-order valence-corrected chi connectivity index (χ3v) is 3.78. The molecule has 0 bridgehead atoms. The van der Waals surface area contributed by atoms with Crippen LogP contribution in [-0.2, 0) is 20.7 Å². The first-order valence-electron chi connectivity index (χ1n) is 7.73. The van der Waals surface area contributed by atoms with E-state index in [2.05, 4.69) is 0 Å². The second-order valence-electron chi connectivity index (χ2n) is 5.44. The largest absolute Gasteiger partial charge is 0.456 e. The predicted molar refractivity (Wildman–Crippen MR) is 80.8 cm³/mol. The zero-order chi connectivity index (χ0) is 14.9. The number of carbonyl (C=O) groups excluding carboxylic acids is 2. The van der Waals surface area contributed by atoms with E-state index in [9.17, 15) is 9.59 Å². The molecule has 0 unspecified atom stereocenters. The van der Waals surface area contributed by atoms with Crippen LogP contribution in [0.1, 0.15) is 37.7 Å². The Labute approximate surface area is 126 Å². The molecule has 0 saturated carbocycles. The first-order chi connectivity index (χ1) is 10.3. The van der Waals surface area contributed by atoms with E-state index in [1.807, 2.05) is 35.2 Å². The van der Waals surface area contributed by atoms with Crippen LogP contribution < -0.4 is 0 Å². The minimum atomic E-state index is -0.304. The summed E-state index contributed by atoms with van der Waals surface area (Å²) in [6, 6.07) is 9.81. The van der Waals surface area contributed by atoms with Crippen LogP contribution in [0.5, 0.6) is 0 Å². The Balaban J connectivity index is 1.67. The van der Waals surface area contributed by atoms with E-state index in [1.54, 1.807) is 0 Å². The standard InChI is InChI=1S/C17H23NO3/c19-16(18-12-6-1-2-7-13-18)14-21-17(20)11-10-15-8-4-3-5-9-15/h3-5,8-9H,1-2,6-7,10-14H2. The summed E-state index contributed by atoms with van der Waals surface area (Å²) in [7, 11) is 0. The van der Waals surface area contributed by atoms with E-state index in [1.165, 1.54) is 12.8 Å². The molecule has 4 nitrogen and oxygen atoms in total. The van der Waals surface area contributed by atoms with Gasteiger partial charge < -0.3 is 9.64 Å². The lowest BCUT2D eigenvalue weighted by Crippen LogP contribution is -2.35. The van der Waals surface area contributed by atoms with Crippen molar-refractivity contribution in [3.63, 3.8) is 0 Å². The Morgan fingerprint density at radius 1 is 1.00 bits per heavy atom. The van der Waals surface area contributed by atoms with Crippen molar-refractivity contribution in [3.05, 3.63) is 35.9 Å². The molecule has 0 aromatic heterocycles. The number of hydrogen-bond acceptors (Lipinski definition) is 3. The van der Waals surface area contributed by atoms with Gasteiger partial charge in [0.25, 0.3) is 5.91 Å². The fourth-order valence-electron chi connectivity index (χ4n) is 2.52. The van der Waals surface area contributed by atoms with E-state index >= 15 is 0 Å². The van der Waals surface area contributed by atoms with Crippen LogP contribution in [0, 0.1) is 0 Å². The number of nitrogens with zero attached hydrogens (tertiary/aromatic N) is 1. The van der Waals surface area contributed by atoms with Gasteiger partial charge in [-0.1, -0.05) is 43.2 Å². The van der Waals surface area contributed by atoms with Crippen molar-refractivity contribution in [1.82, 2.24) is 4.90 Å². The number of aryl methyl sites for hydroxylation is 1. The number of esters is 1. The minimum Gasteiger partial charge on any atom is -0.456 e. The molecule has 4 heteroatoms. The fraction of sp³-hybridized carbons (Fsp3) is 0.529. The van der Waals surface area contributed by atoms with Gasteiger partial charge in [0.15, 0.2) is 6.61 Å². The Hall–Kier alpha value is -1.84. The van der Waals surface area contributed by atoms with Gasteiger partial charge in [0.1, 0.15) is 0 Å². The Morgan fingerprint density at radius 2 is 1.67 bits per heavy atom. The molecule has 0 atom stereocenters. The van der Waals surface area contributed by atoms with E-state index in [-0.39, 0.29) is 18.5 Å². The number of hydrogen-bond donors (Lipinski definition) is 0. The SMILES string of the molecule is O=C(CCc1ccccc1)OCC(=O)N1CCCCCC1. The summed E-state index contributed by atoms with van der Waals surface area (Å²) in [6.07, 6.45) is 5.43. The number of amides is 1. The molecular formula is C17H23NO3. The molecule has 1 fully saturated rings. The van der Waals surface area contributed by atoms with Crippen LogP contribution in [0.3, 0.4) is 0 Å². The maximum Gasteiger partial charge on any atom is 0.306 e. The first-order valence-corrected chi connectivity index (χ1v) is 7.73. The molecule has 1 saturated heterocycles. The Bertz CT molecular complexity index is 450. The van der Waals surface area contributed by atoms with Crippen LogP contribution in [0.2, 0.25) is 0 Å². The van der Waals surface area contributed by atoms with Gasteiger partial charge >= 0.3 is 5.97 Å². The summed E-state index contributed by atoms with van der Waals surface area (Å²) < 4.78 is 5.09. The van der Waals surface area contributed by atoms with Crippen LogP contribution in [-0.4, -0.2) is 36.5 Å². The summed E-state index contributed by atoms with van der Waals surface area (Å²) in [5.74, 6) is -0.369. The lowest BCUT2D eigenvalue weighted by atomic mass is 10.1. The average molecular weight is 289 g/mol. The molecule has 1 aromatic carbocycles. The van der Waals surface area contributed by atoms with Gasteiger partial charge in [0.05, 0.1) is 0 Å². The first kappa shape index (κ1) is 15.5. The predicted octanol–water partition coefficient (Wildman–Crippen LogP) is 2.57. The molecule has 0 spiro atoms. The third-order valence-electron chi connectivity index (χ3n) is 3.78. The number of rotatable bonds is 5. The zero-order valence-electron chi connectivity index (χ0n) is 12.4. The molecule has 0 N–H and O–H groups in total. The van der Waals surface area contributed by atoms with Gasteiger partial charge in [-0.2, -0.15) is 0 Å². The quantitative estimate of drug-likeness (QED) is 0.783. The van der Waals surface area contributed by atoms with Gasteiger partial charge in [-0.05, 0) is 24.8 Å². The summed E-state index contributed by atoms with van der Waals surface area (Å²) in [5.41, 5.74) is 1.10. The Kier molecular flexibility index (Phi) is 6.25. The van der Waals surface area contributed by atoms with Crippen molar-refractivity contribution in [2.75, 3.05) is 19.7 Å². The molecule has 1 aromatic rings. The van der Waals surface area contributed by atoms with Crippen LogP contribution in [0.4, 0.5) is 0 Å². The summed E-state index contributed by atoms with van der Waals surface area (Å²) in [6.45, 7) is 1.47. The monoisotopic (exact) mass is 289 g/mol. The van der Waals surface area contributed by atoms with Gasteiger partial charge in [0.2, 0.25) is 0 Å². The maximum atomic E-state index is 12.0. The highest BCUT2D eigenvalue weighted by Gasteiger charge is 2.16. The fourth-order valence-corrected chi connectivity index (χ4v) is 2.52. The van der Waals surface area contributed by atoms with Crippen molar-refractivity contribution >= 4 is 11.9 Å². The molecule has 0 aliphatic carbocycles. The summed E-state index contributed by atoms with van der Waals surface area (Å²) >= 11 is 0. The van der Waals surface area contributed by atoms with Gasteiger partial charge in [0, 0.05) is 19.5 Å². The molecule has 2 rings (SSSR count). The summed E-state index contributed by atoms with van der Waals surface area (Å²) in [4.78, 5) is 25.5. The number of likely N-dealkylation sites (tertiary alicyclic amines) is 1. The number of ether oxygens (including phenoxy) is 1. The summed E-state index contributed by atoms with van der Waals surface area (Å²) in [5, 5.41) is 0. The second-order valence-corrected chi connectivity index (χ2v) is 5.44. The highest BCUT2D eigenvalue weighted by molar-refractivity contribution is 5.80. The minimum absolute atomic E-state index is 0.0649. The van der Waals surface area contributed by atoms with Crippen molar-refractivity contribution in [1.29, 1.82) is 0 Å². The number of benzene rings is 1. The van der Waals surface area contributed by atoms with E-state index in [0.29, 0.717) is 12.8 Å². The molecule has 1 aliphatic rings. The lowest BCUT2D eigenvalue weighted by Gasteiger charge is -2.19. The molecule has 0 radical (unpaired) electrons. The maximum absolute atomic E-state index is 12.0. The molecule has 21 heavy (non-hydrogen) atoms. The zero-order valence-corrected chi connectivity index (χ0v) is 12.4. The van der Waals surface area contributed by atoms with Crippen LogP contribution in [0.25, 0.3) is 0 Å². The van der Waals surface area contributed by atoms with Crippen LogP contribution >= 0.6 is 0 Å². The van der Waals surface area contributed by atoms with Crippen molar-refractivity contribution in [2.45, 2.75) is 38.5 Å². The Morgan fingerprint density at radius 3 is 2.33 bits per heavy atom. The second kappa shape index (κ2) is 8.45. The molecular weight excluding hydrogens is 266 g/mol. The normalized spacial score (nSPS) is 15.3. The van der Waals surface area contributed by atoms with Crippen molar-refractivity contribution < 1.29 is 14.3 Å². The molecule has 114 valence electrons. The van der Waals surface area contributed by atoms with E-state index in [0.717, 1.165) is 31.5 Å². The highest BCUT2D eigenvalue weighted by atomic mass is 16.5. The smallest absolute Gasteiger partial charge is 0.306 e. The van der Waals surface area contributed by atoms with Gasteiger partial charge in [-0.25, -0.2) is 0 Å².